The fourth-order valence-electron chi connectivity index (χ4n) is 2.66. The van der Waals surface area contributed by atoms with Crippen molar-refractivity contribution in [1.82, 2.24) is 14.3 Å². The number of benzene rings is 1. The lowest BCUT2D eigenvalue weighted by Crippen LogP contribution is -2.29. The van der Waals surface area contributed by atoms with Gasteiger partial charge < -0.3 is 20.1 Å². The number of carbonyl (C=O) groups excluding carboxylic acids is 1. The number of hydrogen-bond acceptors (Lipinski definition) is 4. The molecule has 138 valence electrons. The van der Waals surface area contributed by atoms with E-state index in [2.05, 4.69) is 4.98 Å². The highest BCUT2D eigenvalue weighted by Crippen LogP contribution is 2.20. The van der Waals surface area contributed by atoms with E-state index in [1.54, 1.807) is 37.5 Å². The van der Waals surface area contributed by atoms with Crippen molar-refractivity contribution in [2.75, 3.05) is 13.6 Å². The third-order valence-corrected chi connectivity index (χ3v) is 4.21. The highest BCUT2D eigenvalue weighted by atomic mass is 16.4. The summed E-state index contributed by atoms with van der Waals surface area (Å²) in [5, 5.41) is 16.2. The van der Waals surface area contributed by atoms with Crippen LogP contribution < -0.4 is 5.73 Å². The quantitative estimate of drug-likeness (QED) is 0.454. The summed E-state index contributed by atoms with van der Waals surface area (Å²) in [5.74, 6) is -1.19. The van der Waals surface area contributed by atoms with Crippen LogP contribution in [0.4, 0.5) is 0 Å². The molecule has 0 aliphatic carbocycles. The van der Waals surface area contributed by atoms with E-state index in [0.717, 1.165) is 11.3 Å². The van der Waals surface area contributed by atoms with Crippen molar-refractivity contribution in [3.8, 4) is 11.3 Å². The van der Waals surface area contributed by atoms with Crippen LogP contribution >= 0.6 is 0 Å². The van der Waals surface area contributed by atoms with Gasteiger partial charge in [0.25, 0.3) is 5.91 Å². The van der Waals surface area contributed by atoms with Crippen molar-refractivity contribution in [3.63, 3.8) is 0 Å². The zero-order valence-electron chi connectivity index (χ0n) is 14.7. The van der Waals surface area contributed by atoms with Gasteiger partial charge in [-0.1, -0.05) is 24.3 Å². The van der Waals surface area contributed by atoms with Gasteiger partial charge in [0.2, 0.25) is 0 Å². The summed E-state index contributed by atoms with van der Waals surface area (Å²) in [5.41, 5.74) is 8.76. The zero-order valence-corrected chi connectivity index (χ0v) is 14.7. The first-order valence-electron chi connectivity index (χ1n) is 8.26. The Morgan fingerprint density at radius 3 is 2.56 bits per heavy atom. The van der Waals surface area contributed by atoms with Crippen LogP contribution in [-0.2, 0) is 4.79 Å². The van der Waals surface area contributed by atoms with Crippen molar-refractivity contribution in [1.29, 1.82) is 5.41 Å². The number of pyridine rings is 1. The predicted octanol–water partition coefficient (Wildman–Crippen LogP) is 1.83. The molecule has 0 spiro atoms. The Labute approximate surface area is 155 Å². The van der Waals surface area contributed by atoms with Crippen molar-refractivity contribution >= 4 is 23.4 Å². The van der Waals surface area contributed by atoms with Crippen molar-refractivity contribution in [2.45, 2.75) is 6.42 Å². The van der Waals surface area contributed by atoms with Gasteiger partial charge in [-0.15, -0.1) is 0 Å². The first-order valence-corrected chi connectivity index (χ1v) is 8.26. The molecular weight excluding hydrogens is 346 g/mol. The minimum Gasteiger partial charge on any atom is -0.481 e. The molecule has 0 unspecified atom stereocenters. The Morgan fingerprint density at radius 2 is 1.93 bits per heavy atom. The maximum Gasteiger partial charge on any atom is 0.305 e. The molecule has 3 aromatic rings. The molecular formula is C19H19N5O3. The number of imidazole rings is 1. The Bertz CT molecular complexity index is 1020. The van der Waals surface area contributed by atoms with E-state index < -0.39 is 5.97 Å². The fourth-order valence-corrected chi connectivity index (χ4v) is 2.66. The maximum absolute atomic E-state index is 12.4. The number of aromatic nitrogens is 2. The largest absolute Gasteiger partial charge is 0.481 e. The normalized spacial score (nSPS) is 10.7. The van der Waals surface area contributed by atoms with Gasteiger partial charge in [-0.25, -0.2) is 4.98 Å². The van der Waals surface area contributed by atoms with Crippen molar-refractivity contribution < 1.29 is 14.7 Å². The van der Waals surface area contributed by atoms with Crippen LogP contribution in [0.1, 0.15) is 22.3 Å². The maximum atomic E-state index is 12.4. The number of nitrogen functional groups attached to an aromatic ring is 1. The molecule has 2 aromatic heterocycles. The summed E-state index contributed by atoms with van der Waals surface area (Å²) in [6, 6.07) is 10.5. The summed E-state index contributed by atoms with van der Waals surface area (Å²) >= 11 is 0. The molecule has 27 heavy (non-hydrogen) atoms. The molecule has 8 nitrogen and oxygen atoms in total. The van der Waals surface area contributed by atoms with Gasteiger partial charge in [0.1, 0.15) is 11.5 Å². The Morgan fingerprint density at radius 1 is 1.22 bits per heavy atom. The van der Waals surface area contributed by atoms with E-state index in [1.807, 2.05) is 22.7 Å². The number of carboxylic acid groups (broad SMARTS) is 1. The average Bonchev–Trinajstić information content (AvgIpc) is 3.08. The summed E-state index contributed by atoms with van der Waals surface area (Å²) in [6.45, 7) is 0.140. The molecule has 8 heteroatoms. The van der Waals surface area contributed by atoms with Gasteiger partial charge in [-0.05, 0) is 12.1 Å². The van der Waals surface area contributed by atoms with Gasteiger partial charge in [0.05, 0.1) is 12.1 Å². The van der Waals surface area contributed by atoms with Crippen LogP contribution in [-0.4, -0.2) is 50.7 Å². The molecule has 0 atom stereocenters. The number of fused-ring (bicyclic) bond motifs is 1. The Balaban J connectivity index is 1.85. The lowest BCUT2D eigenvalue weighted by molar-refractivity contribution is -0.137. The van der Waals surface area contributed by atoms with Gasteiger partial charge in [-0.2, -0.15) is 0 Å². The molecule has 1 aromatic carbocycles. The lowest BCUT2D eigenvalue weighted by Gasteiger charge is -2.15. The molecule has 2 heterocycles. The van der Waals surface area contributed by atoms with E-state index in [0.29, 0.717) is 16.8 Å². The van der Waals surface area contributed by atoms with E-state index in [9.17, 15) is 9.59 Å². The molecule has 1 amide bonds. The smallest absolute Gasteiger partial charge is 0.305 e. The average molecular weight is 365 g/mol. The summed E-state index contributed by atoms with van der Waals surface area (Å²) in [7, 11) is 1.57. The van der Waals surface area contributed by atoms with Gasteiger partial charge >= 0.3 is 5.97 Å². The number of hydrogen-bond donors (Lipinski definition) is 3. The minimum atomic E-state index is -0.946. The van der Waals surface area contributed by atoms with Gasteiger partial charge in [0.15, 0.2) is 0 Å². The highest BCUT2D eigenvalue weighted by molar-refractivity contribution is 5.96. The van der Waals surface area contributed by atoms with Crippen LogP contribution in [0.25, 0.3) is 16.9 Å². The monoisotopic (exact) mass is 365 g/mol. The standard InChI is InChI=1S/C19H19N5O3/c1-23(8-7-17(25)26)19(27)14-6-9-24-11-15(22-16(24)10-14)12-2-4-13(5-3-12)18(20)21/h2-6,9-11H,7-8H2,1H3,(H3,20,21)(H,25,26). The van der Waals surface area contributed by atoms with Gasteiger partial charge in [0, 0.05) is 42.7 Å². The Hall–Kier alpha value is -3.68. The summed E-state index contributed by atoms with van der Waals surface area (Å²) < 4.78 is 1.81. The topological polar surface area (TPSA) is 125 Å². The second kappa shape index (κ2) is 7.28. The molecule has 0 saturated carbocycles. The van der Waals surface area contributed by atoms with E-state index in [1.165, 1.54) is 4.90 Å². The van der Waals surface area contributed by atoms with Gasteiger partial charge in [-0.3, -0.25) is 15.0 Å². The molecule has 0 bridgehead atoms. The minimum absolute atomic E-state index is 0.00623. The summed E-state index contributed by atoms with van der Waals surface area (Å²) in [4.78, 5) is 29.0. The second-order valence-electron chi connectivity index (χ2n) is 6.17. The number of carbonyl (C=O) groups is 2. The number of nitrogens with zero attached hydrogens (tertiary/aromatic N) is 3. The molecule has 3 rings (SSSR count). The van der Waals surface area contributed by atoms with Crippen LogP contribution in [0.3, 0.4) is 0 Å². The van der Waals surface area contributed by atoms with Crippen LogP contribution in [0, 0.1) is 5.41 Å². The molecule has 4 N–H and O–H groups in total. The fraction of sp³-hybridized carbons (Fsp3) is 0.158. The molecule has 0 aliphatic rings. The predicted molar refractivity (Wildman–Crippen MR) is 101 cm³/mol. The number of amides is 1. The van der Waals surface area contributed by atoms with E-state index in [-0.39, 0.29) is 24.7 Å². The number of carboxylic acids is 1. The lowest BCUT2D eigenvalue weighted by atomic mass is 10.1. The van der Waals surface area contributed by atoms with Crippen LogP contribution in [0.15, 0.2) is 48.8 Å². The number of nitrogens with two attached hydrogens (primary N) is 1. The Kier molecular flexibility index (Phi) is 4.89. The number of amidine groups is 1. The van der Waals surface area contributed by atoms with Crippen molar-refractivity contribution in [2.24, 2.45) is 5.73 Å². The van der Waals surface area contributed by atoms with Crippen LogP contribution in [0.5, 0.6) is 0 Å². The molecule has 0 fully saturated rings. The van der Waals surface area contributed by atoms with Crippen molar-refractivity contribution in [3.05, 3.63) is 59.9 Å². The summed E-state index contributed by atoms with van der Waals surface area (Å²) in [6.07, 6.45) is 3.49. The second-order valence-corrected chi connectivity index (χ2v) is 6.17. The molecule has 0 radical (unpaired) electrons. The SMILES string of the molecule is CN(CCC(=O)O)C(=O)c1ccn2cc(-c3ccc(C(=N)N)cc3)nc2c1. The van der Waals surface area contributed by atoms with E-state index in [4.69, 9.17) is 16.2 Å². The van der Waals surface area contributed by atoms with E-state index >= 15 is 0 Å². The van der Waals surface area contributed by atoms with Crippen LogP contribution in [0.2, 0.25) is 0 Å². The first-order chi connectivity index (χ1) is 12.8. The third-order valence-electron chi connectivity index (χ3n) is 4.21. The zero-order chi connectivity index (χ0) is 19.6. The molecule has 0 aliphatic heterocycles. The highest BCUT2D eigenvalue weighted by Gasteiger charge is 2.14. The number of aliphatic carboxylic acids is 1. The third kappa shape index (κ3) is 3.95. The number of rotatable bonds is 6. The number of nitrogens with one attached hydrogen (secondary N) is 1. The first kappa shape index (κ1) is 18.1. The molecule has 0 saturated heterocycles.